The Balaban J connectivity index is 2.15. The molecule has 104 valence electrons. The van der Waals surface area contributed by atoms with E-state index >= 15 is 0 Å². The van der Waals surface area contributed by atoms with Gasteiger partial charge in [0.25, 0.3) is 0 Å². The van der Waals surface area contributed by atoms with Crippen LogP contribution in [-0.2, 0) is 0 Å². The van der Waals surface area contributed by atoms with Crippen LogP contribution in [0.4, 0.5) is 0 Å². The summed E-state index contributed by atoms with van der Waals surface area (Å²) >= 11 is 0. The van der Waals surface area contributed by atoms with Crippen LogP contribution in [0.2, 0.25) is 0 Å². The molecule has 1 aliphatic carbocycles. The molecule has 0 aromatic heterocycles. The number of ketones is 1. The van der Waals surface area contributed by atoms with E-state index in [1.807, 2.05) is 13.1 Å². The molecule has 2 nitrogen and oxygen atoms in total. The number of nitrogens with one attached hydrogen (secondary N) is 1. The highest BCUT2D eigenvalue weighted by atomic mass is 16.1. The van der Waals surface area contributed by atoms with Gasteiger partial charge in [-0.1, -0.05) is 12.1 Å². The first-order valence-corrected chi connectivity index (χ1v) is 7.33. The summed E-state index contributed by atoms with van der Waals surface area (Å²) in [5, 5.41) is 3.32. The molecule has 1 fully saturated rings. The monoisotopic (exact) mass is 259 g/mol. The Kier molecular flexibility index (Phi) is 4.41. The second-order valence-corrected chi connectivity index (χ2v) is 5.88. The van der Waals surface area contributed by atoms with E-state index in [0.717, 1.165) is 31.2 Å². The van der Waals surface area contributed by atoms with Crippen LogP contribution in [0.3, 0.4) is 0 Å². The van der Waals surface area contributed by atoms with E-state index in [-0.39, 0.29) is 5.92 Å². The highest BCUT2D eigenvalue weighted by molar-refractivity contribution is 5.99. The van der Waals surface area contributed by atoms with Crippen LogP contribution in [0.25, 0.3) is 0 Å². The van der Waals surface area contributed by atoms with Crippen molar-refractivity contribution in [3.63, 3.8) is 0 Å². The number of carbonyl (C=O) groups is 1. The summed E-state index contributed by atoms with van der Waals surface area (Å²) in [5.74, 6) is 0.584. The van der Waals surface area contributed by atoms with Crippen LogP contribution in [0.5, 0.6) is 0 Å². The van der Waals surface area contributed by atoms with Gasteiger partial charge < -0.3 is 5.32 Å². The molecule has 0 atom stereocenters. The van der Waals surface area contributed by atoms with Crippen LogP contribution in [-0.4, -0.2) is 18.9 Å². The molecule has 1 aromatic carbocycles. The lowest BCUT2D eigenvalue weighted by molar-refractivity contribution is 0.0880. The largest absolute Gasteiger partial charge is 0.317 e. The third-order valence-corrected chi connectivity index (χ3v) is 4.83. The van der Waals surface area contributed by atoms with Gasteiger partial charge in [0.05, 0.1) is 0 Å². The summed E-state index contributed by atoms with van der Waals surface area (Å²) in [7, 11) is 2.01. The van der Waals surface area contributed by atoms with E-state index in [0.29, 0.717) is 11.8 Å². The maximum atomic E-state index is 12.7. The predicted molar refractivity (Wildman–Crippen MR) is 79.8 cm³/mol. The van der Waals surface area contributed by atoms with Gasteiger partial charge in [-0.2, -0.15) is 0 Å². The molecule has 0 heterocycles. The highest BCUT2D eigenvalue weighted by Crippen LogP contribution is 2.29. The summed E-state index contributed by atoms with van der Waals surface area (Å²) < 4.78 is 0. The first-order valence-electron chi connectivity index (χ1n) is 7.33. The summed E-state index contributed by atoms with van der Waals surface area (Å²) in [4.78, 5) is 12.7. The van der Waals surface area contributed by atoms with Crippen molar-refractivity contribution >= 4 is 5.78 Å². The molecule has 0 aliphatic heterocycles. The van der Waals surface area contributed by atoms with Gasteiger partial charge in [0, 0.05) is 17.5 Å². The van der Waals surface area contributed by atoms with Crippen LogP contribution in [0, 0.1) is 26.7 Å². The Morgan fingerprint density at radius 3 is 2.26 bits per heavy atom. The average molecular weight is 259 g/mol. The average Bonchev–Trinajstić information content (AvgIpc) is 2.44. The molecule has 0 amide bonds. The van der Waals surface area contributed by atoms with Crippen molar-refractivity contribution in [3.8, 4) is 0 Å². The number of hydrogen-bond acceptors (Lipinski definition) is 2. The maximum Gasteiger partial charge on any atom is 0.166 e. The van der Waals surface area contributed by atoms with Crippen molar-refractivity contribution < 1.29 is 4.79 Å². The van der Waals surface area contributed by atoms with Crippen molar-refractivity contribution in [2.24, 2.45) is 5.92 Å². The molecule has 19 heavy (non-hydrogen) atoms. The van der Waals surface area contributed by atoms with E-state index in [4.69, 9.17) is 0 Å². The lowest BCUT2D eigenvalue weighted by atomic mass is 9.80. The molecule has 0 unspecified atom stereocenters. The number of hydrogen-bond donors (Lipinski definition) is 1. The van der Waals surface area contributed by atoms with Crippen molar-refractivity contribution in [3.05, 3.63) is 34.4 Å². The molecule has 1 aromatic rings. The summed E-state index contributed by atoms with van der Waals surface area (Å²) in [6.07, 6.45) is 4.29. The van der Waals surface area contributed by atoms with Gasteiger partial charge >= 0.3 is 0 Å². The number of rotatable bonds is 3. The predicted octanol–water partition coefficient (Wildman–Crippen LogP) is 3.57. The van der Waals surface area contributed by atoms with Crippen LogP contribution in [0.1, 0.15) is 52.7 Å². The number of carbonyl (C=O) groups excluding carboxylic acids is 1. The summed E-state index contributed by atoms with van der Waals surface area (Å²) in [6.45, 7) is 6.29. The zero-order valence-electron chi connectivity index (χ0n) is 12.5. The summed E-state index contributed by atoms with van der Waals surface area (Å²) in [5.41, 5.74) is 4.64. The van der Waals surface area contributed by atoms with Crippen LogP contribution in [0.15, 0.2) is 12.1 Å². The first-order chi connectivity index (χ1) is 9.04. The topological polar surface area (TPSA) is 29.1 Å². The van der Waals surface area contributed by atoms with Crippen LogP contribution >= 0.6 is 0 Å². The standard InChI is InChI=1S/C17H25NO/c1-11-5-10-16(13(3)12(11)2)17(19)14-6-8-15(18-4)9-7-14/h5,10,14-15,18H,6-9H2,1-4H3. The maximum absolute atomic E-state index is 12.7. The third-order valence-electron chi connectivity index (χ3n) is 4.83. The lowest BCUT2D eigenvalue weighted by Crippen LogP contribution is -2.32. The van der Waals surface area contributed by atoms with Gasteiger partial charge in [0.2, 0.25) is 0 Å². The summed E-state index contributed by atoms with van der Waals surface area (Å²) in [6, 6.07) is 4.70. The van der Waals surface area contributed by atoms with Crippen molar-refractivity contribution in [2.45, 2.75) is 52.5 Å². The number of benzene rings is 1. The fourth-order valence-electron chi connectivity index (χ4n) is 3.09. The molecule has 0 bridgehead atoms. The quantitative estimate of drug-likeness (QED) is 0.841. The van der Waals surface area contributed by atoms with E-state index < -0.39 is 0 Å². The minimum atomic E-state index is 0.227. The minimum absolute atomic E-state index is 0.227. The molecule has 1 aliphatic rings. The van der Waals surface area contributed by atoms with Gasteiger partial charge in [-0.3, -0.25) is 4.79 Å². The Labute approximate surface area is 116 Å². The smallest absolute Gasteiger partial charge is 0.166 e. The van der Waals surface area contributed by atoms with E-state index in [2.05, 4.69) is 32.2 Å². The molecule has 2 rings (SSSR count). The first kappa shape index (κ1) is 14.3. The second kappa shape index (κ2) is 5.87. The van der Waals surface area contributed by atoms with Gasteiger partial charge in [-0.25, -0.2) is 0 Å². The van der Waals surface area contributed by atoms with Crippen LogP contribution < -0.4 is 5.32 Å². The third kappa shape index (κ3) is 2.89. The Hall–Kier alpha value is -1.15. The normalized spacial score (nSPS) is 23.4. The molecule has 1 N–H and O–H groups in total. The zero-order valence-corrected chi connectivity index (χ0v) is 12.5. The molecule has 2 heteroatoms. The highest BCUT2D eigenvalue weighted by Gasteiger charge is 2.27. The Bertz CT molecular complexity index is 470. The fraction of sp³-hybridized carbons (Fsp3) is 0.588. The molecular formula is C17H25NO. The lowest BCUT2D eigenvalue weighted by Gasteiger charge is -2.27. The van der Waals surface area contributed by atoms with Crippen molar-refractivity contribution in [2.75, 3.05) is 7.05 Å². The minimum Gasteiger partial charge on any atom is -0.317 e. The Morgan fingerprint density at radius 1 is 1.05 bits per heavy atom. The number of aryl methyl sites for hydroxylation is 1. The van der Waals surface area contributed by atoms with E-state index in [1.165, 1.54) is 16.7 Å². The molecular weight excluding hydrogens is 234 g/mol. The zero-order chi connectivity index (χ0) is 14.0. The van der Waals surface area contributed by atoms with Gasteiger partial charge in [0.15, 0.2) is 5.78 Å². The van der Waals surface area contributed by atoms with E-state index in [1.54, 1.807) is 0 Å². The number of Topliss-reactive ketones (excluding diaryl/α,β-unsaturated/α-hetero) is 1. The van der Waals surface area contributed by atoms with Gasteiger partial charge in [0.1, 0.15) is 0 Å². The molecule has 0 spiro atoms. The molecule has 1 saturated carbocycles. The van der Waals surface area contributed by atoms with Gasteiger partial charge in [-0.15, -0.1) is 0 Å². The SMILES string of the molecule is CNC1CCC(C(=O)c2ccc(C)c(C)c2C)CC1. The van der Waals surface area contributed by atoms with Crippen molar-refractivity contribution in [1.82, 2.24) is 5.32 Å². The van der Waals surface area contributed by atoms with E-state index in [9.17, 15) is 4.79 Å². The fourth-order valence-corrected chi connectivity index (χ4v) is 3.09. The molecule has 0 saturated heterocycles. The van der Waals surface area contributed by atoms with Gasteiger partial charge in [-0.05, 0) is 70.2 Å². The Morgan fingerprint density at radius 2 is 1.68 bits per heavy atom. The van der Waals surface area contributed by atoms with Crippen molar-refractivity contribution in [1.29, 1.82) is 0 Å². The second-order valence-electron chi connectivity index (χ2n) is 5.88. The molecule has 0 radical (unpaired) electrons.